The Kier molecular flexibility index (Phi) is 4.45. The monoisotopic (exact) mass is 288 g/mol. The van der Waals surface area contributed by atoms with E-state index in [0.29, 0.717) is 0 Å². The predicted octanol–water partition coefficient (Wildman–Crippen LogP) is 2.13. The highest BCUT2D eigenvalue weighted by Gasteiger charge is 2.24. The molecule has 0 unspecified atom stereocenters. The largest absolute Gasteiger partial charge is 0.372 e. The van der Waals surface area contributed by atoms with E-state index in [4.69, 9.17) is 15.4 Å². The highest BCUT2D eigenvalue weighted by Crippen LogP contribution is 2.24. The molecular weight excluding hydrogens is 278 g/mol. The fourth-order valence-electron chi connectivity index (χ4n) is 1.13. The lowest BCUT2D eigenvalue weighted by Gasteiger charge is -2.10. The molecule has 0 N–H and O–H groups in total. The first kappa shape index (κ1) is 14.3. The lowest BCUT2D eigenvalue weighted by Crippen LogP contribution is -2.11. The van der Waals surface area contributed by atoms with E-state index >= 15 is 0 Å². The van der Waals surface area contributed by atoms with Gasteiger partial charge in [-0.05, 0) is 13.8 Å². The van der Waals surface area contributed by atoms with Gasteiger partial charge in [0.2, 0.25) is 0 Å². The van der Waals surface area contributed by atoms with Gasteiger partial charge in [-0.3, -0.25) is 0 Å². The van der Waals surface area contributed by atoms with Gasteiger partial charge in [0.05, 0.1) is 24.6 Å². The molecule has 0 saturated carbocycles. The molecule has 1 rings (SSSR count). The fourth-order valence-corrected chi connectivity index (χ4v) is 2.12. The van der Waals surface area contributed by atoms with Crippen LogP contribution >= 0.6 is 10.7 Å². The minimum absolute atomic E-state index is 0.234. The van der Waals surface area contributed by atoms with Gasteiger partial charge in [0.25, 0.3) is 9.05 Å². The third kappa shape index (κ3) is 3.62. The maximum absolute atomic E-state index is 12.6. The summed E-state index contributed by atoms with van der Waals surface area (Å²) in [7, 11) is 0.997. The molecule has 0 aliphatic carbocycles. The van der Waals surface area contributed by atoms with Crippen molar-refractivity contribution in [2.75, 3.05) is 0 Å². The number of rotatable bonds is 5. The Morgan fingerprint density at radius 2 is 2.12 bits per heavy atom. The molecule has 1 aromatic heterocycles. The van der Waals surface area contributed by atoms with Crippen molar-refractivity contribution < 1.29 is 21.9 Å². The van der Waals surface area contributed by atoms with E-state index in [2.05, 4.69) is 5.10 Å². The first-order chi connectivity index (χ1) is 7.73. The fraction of sp³-hybridized carbons (Fsp3) is 0.625. The van der Waals surface area contributed by atoms with Gasteiger partial charge >= 0.3 is 6.55 Å². The summed E-state index contributed by atoms with van der Waals surface area (Å²) in [6.45, 7) is 0.132. The van der Waals surface area contributed by atoms with Gasteiger partial charge in [-0.15, -0.1) is 0 Å². The molecule has 0 atom stereocenters. The molecule has 0 aromatic carbocycles. The second-order valence-electron chi connectivity index (χ2n) is 3.48. The van der Waals surface area contributed by atoms with Crippen LogP contribution in [0.15, 0.2) is 11.1 Å². The number of hydrogen-bond acceptors (Lipinski definition) is 4. The van der Waals surface area contributed by atoms with Crippen molar-refractivity contribution in [1.29, 1.82) is 0 Å². The Bertz CT molecular complexity index is 487. The summed E-state index contributed by atoms with van der Waals surface area (Å²) >= 11 is 0. The van der Waals surface area contributed by atoms with Crippen molar-refractivity contribution in [3.05, 3.63) is 11.9 Å². The summed E-state index contributed by atoms with van der Waals surface area (Å²) < 4.78 is 52.8. The van der Waals surface area contributed by atoms with Crippen LogP contribution in [-0.4, -0.2) is 24.3 Å². The molecule has 0 aliphatic rings. The van der Waals surface area contributed by atoms with E-state index in [1.807, 2.05) is 0 Å². The lowest BCUT2D eigenvalue weighted by molar-refractivity contribution is 0.0270. The SMILES string of the molecule is CC(C)OCc1c(S(=O)(=O)Cl)cnn1C(F)F. The number of halogens is 3. The van der Waals surface area contributed by atoms with E-state index < -0.39 is 20.5 Å². The van der Waals surface area contributed by atoms with Crippen molar-refractivity contribution in [3.63, 3.8) is 0 Å². The van der Waals surface area contributed by atoms with Crippen molar-refractivity contribution in [2.45, 2.75) is 38.0 Å². The minimum Gasteiger partial charge on any atom is -0.372 e. The Morgan fingerprint density at radius 1 is 1.53 bits per heavy atom. The zero-order valence-corrected chi connectivity index (χ0v) is 10.7. The summed E-state index contributed by atoms with van der Waals surface area (Å²) in [5.74, 6) is 0. The van der Waals surface area contributed by atoms with Crippen molar-refractivity contribution >= 4 is 19.7 Å². The normalized spacial score (nSPS) is 12.6. The molecule has 1 heterocycles. The van der Waals surface area contributed by atoms with E-state index in [1.165, 1.54) is 0 Å². The molecule has 0 amide bonds. The Morgan fingerprint density at radius 3 is 2.53 bits per heavy atom. The topological polar surface area (TPSA) is 61.2 Å². The van der Waals surface area contributed by atoms with Crippen LogP contribution < -0.4 is 0 Å². The molecule has 98 valence electrons. The van der Waals surface area contributed by atoms with E-state index in [0.717, 1.165) is 6.20 Å². The van der Waals surface area contributed by atoms with Crippen molar-refractivity contribution in [3.8, 4) is 0 Å². The molecule has 0 aliphatic heterocycles. The first-order valence-electron chi connectivity index (χ1n) is 4.64. The van der Waals surface area contributed by atoms with E-state index in [1.54, 1.807) is 13.8 Å². The quantitative estimate of drug-likeness (QED) is 0.779. The number of aromatic nitrogens is 2. The van der Waals surface area contributed by atoms with Crippen LogP contribution in [0.25, 0.3) is 0 Å². The molecule has 17 heavy (non-hydrogen) atoms. The molecule has 9 heteroatoms. The average Bonchev–Trinajstić information content (AvgIpc) is 2.56. The lowest BCUT2D eigenvalue weighted by atomic mass is 10.4. The minimum atomic E-state index is -4.12. The second kappa shape index (κ2) is 5.28. The van der Waals surface area contributed by atoms with Gasteiger partial charge in [0, 0.05) is 10.7 Å². The zero-order valence-electron chi connectivity index (χ0n) is 9.10. The van der Waals surface area contributed by atoms with Crippen molar-refractivity contribution in [2.24, 2.45) is 0 Å². The third-order valence-corrected chi connectivity index (χ3v) is 3.23. The maximum atomic E-state index is 12.6. The van der Waals surface area contributed by atoms with Crippen LogP contribution in [0.5, 0.6) is 0 Å². The highest BCUT2D eigenvalue weighted by atomic mass is 35.7. The Labute approximate surface area is 102 Å². The van der Waals surface area contributed by atoms with Crippen LogP contribution in [0.3, 0.4) is 0 Å². The molecule has 5 nitrogen and oxygen atoms in total. The van der Waals surface area contributed by atoms with Crippen molar-refractivity contribution in [1.82, 2.24) is 9.78 Å². The standard InChI is InChI=1S/C8H11ClF2N2O3S/c1-5(2)16-4-6-7(17(9,14)15)3-12-13(6)8(10)11/h3,5,8H,4H2,1-2H3. The van der Waals surface area contributed by atoms with Crippen LogP contribution in [0.2, 0.25) is 0 Å². The Balaban J connectivity index is 3.16. The smallest absolute Gasteiger partial charge is 0.333 e. The molecular formula is C8H11ClF2N2O3S. The average molecular weight is 289 g/mol. The molecule has 0 saturated heterocycles. The summed E-state index contributed by atoms with van der Waals surface area (Å²) in [5, 5.41) is 3.28. The summed E-state index contributed by atoms with van der Waals surface area (Å²) in [5.41, 5.74) is -0.260. The summed E-state index contributed by atoms with van der Waals surface area (Å²) in [4.78, 5) is -0.458. The van der Waals surface area contributed by atoms with Gasteiger partial charge in [-0.25, -0.2) is 13.1 Å². The predicted molar refractivity (Wildman–Crippen MR) is 56.4 cm³/mol. The van der Waals surface area contributed by atoms with E-state index in [9.17, 15) is 17.2 Å². The van der Waals surface area contributed by atoms with Crippen LogP contribution in [0.1, 0.15) is 26.1 Å². The Hall–Kier alpha value is -0.730. The zero-order chi connectivity index (χ0) is 13.2. The summed E-state index contributed by atoms with van der Waals surface area (Å²) in [6, 6.07) is 0. The summed E-state index contributed by atoms with van der Waals surface area (Å²) in [6.07, 6.45) is 0.551. The molecule has 0 bridgehead atoms. The van der Waals surface area contributed by atoms with Gasteiger partial charge < -0.3 is 4.74 Å². The third-order valence-electron chi connectivity index (χ3n) is 1.86. The first-order valence-corrected chi connectivity index (χ1v) is 6.95. The number of ether oxygens (including phenoxy) is 1. The van der Waals surface area contributed by atoms with Gasteiger partial charge in [-0.1, -0.05) is 0 Å². The van der Waals surface area contributed by atoms with Gasteiger partial charge in [0.15, 0.2) is 0 Å². The molecule has 1 aromatic rings. The van der Waals surface area contributed by atoms with Crippen LogP contribution in [-0.2, 0) is 20.4 Å². The van der Waals surface area contributed by atoms with Crippen LogP contribution in [0.4, 0.5) is 8.78 Å². The maximum Gasteiger partial charge on any atom is 0.333 e. The second-order valence-corrected chi connectivity index (χ2v) is 6.01. The number of hydrogen-bond donors (Lipinski definition) is 0. The highest BCUT2D eigenvalue weighted by molar-refractivity contribution is 8.13. The van der Waals surface area contributed by atoms with E-state index in [-0.39, 0.29) is 23.1 Å². The molecule has 0 spiro atoms. The molecule has 0 fully saturated rings. The van der Waals surface area contributed by atoms with Gasteiger partial charge in [-0.2, -0.15) is 13.9 Å². The molecule has 0 radical (unpaired) electrons. The number of alkyl halides is 2. The number of nitrogens with zero attached hydrogens (tertiary/aromatic N) is 2. The van der Waals surface area contributed by atoms with Gasteiger partial charge in [0.1, 0.15) is 4.90 Å². The van der Waals surface area contributed by atoms with Crippen LogP contribution in [0, 0.1) is 0 Å².